The minimum absolute atomic E-state index is 0.242. The molecule has 1 fully saturated rings. The molecule has 0 amide bonds. The summed E-state index contributed by atoms with van der Waals surface area (Å²) < 4.78 is 13.5. The van der Waals surface area contributed by atoms with Crippen LogP contribution in [0.15, 0.2) is 0 Å². The lowest BCUT2D eigenvalue weighted by atomic mass is 10.3. The number of anilines is 1. The van der Waals surface area contributed by atoms with E-state index in [-0.39, 0.29) is 6.10 Å². The Bertz CT molecular complexity index is 293. The maximum absolute atomic E-state index is 5.88. The molecule has 1 aliphatic heterocycles. The number of morpholine rings is 1. The van der Waals surface area contributed by atoms with Crippen LogP contribution in [0.1, 0.15) is 6.92 Å². The summed E-state index contributed by atoms with van der Waals surface area (Å²) in [6.45, 7) is 4.45. The first-order valence-electron chi connectivity index (χ1n) is 4.12. The van der Waals surface area contributed by atoms with Gasteiger partial charge in [-0.3, -0.25) is 0 Å². The van der Waals surface area contributed by atoms with Crippen molar-refractivity contribution in [3.8, 4) is 0 Å². The van der Waals surface area contributed by atoms with E-state index < -0.39 is 0 Å². The van der Waals surface area contributed by atoms with Crippen LogP contribution in [0.25, 0.3) is 0 Å². The number of hydrogen-bond donors (Lipinski definition) is 0. The summed E-state index contributed by atoms with van der Waals surface area (Å²) in [6.07, 6.45) is 0.242. The van der Waals surface area contributed by atoms with Crippen LogP contribution in [0, 0.1) is 0 Å². The van der Waals surface area contributed by atoms with Gasteiger partial charge in [0.1, 0.15) is 0 Å². The standard InChI is InChI=1S/C7H10ClN3OS/c1-5-4-11(2-3-12-5)7-6(8)9-13-10-7/h5H,2-4H2,1H3. The summed E-state index contributed by atoms with van der Waals surface area (Å²) in [5.74, 6) is 0.793. The van der Waals surface area contributed by atoms with Crippen molar-refractivity contribution in [2.45, 2.75) is 13.0 Å². The molecule has 0 bridgehead atoms. The molecule has 72 valence electrons. The molecule has 6 heteroatoms. The monoisotopic (exact) mass is 219 g/mol. The molecule has 0 aromatic carbocycles. The van der Waals surface area contributed by atoms with Gasteiger partial charge >= 0.3 is 0 Å². The van der Waals surface area contributed by atoms with Crippen molar-refractivity contribution in [3.63, 3.8) is 0 Å². The number of hydrogen-bond acceptors (Lipinski definition) is 5. The van der Waals surface area contributed by atoms with Crippen molar-refractivity contribution in [3.05, 3.63) is 5.15 Å². The normalized spacial score (nSPS) is 23.5. The third-order valence-corrected chi connectivity index (χ3v) is 2.85. The van der Waals surface area contributed by atoms with Gasteiger partial charge in [-0.25, -0.2) is 0 Å². The fraction of sp³-hybridized carbons (Fsp3) is 0.714. The van der Waals surface area contributed by atoms with Crippen LogP contribution in [-0.4, -0.2) is 34.5 Å². The molecule has 1 aliphatic rings. The number of ether oxygens (including phenoxy) is 1. The highest BCUT2D eigenvalue weighted by Gasteiger charge is 2.21. The SMILES string of the molecule is CC1CN(c2nsnc2Cl)CCO1. The summed E-state index contributed by atoms with van der Waals surface area (Å²) in [5, 5.41) is 0.499. The van der Waals surface area contributed by atoms with E-state index >= 15 is 0 Å². The van der Waals surface area contributed by atoms with Crippen molar-refractivity contribution in [2.24, 2.45) is 0 Å². The van der Waals surface area contributed by atoms with Crippen molar-refractivity contribution in [1.82, 2.24) is 8.75 Å². The molecule has 2 heterocycles. The van der Waals surface area contributed by atoms with Crippen molar-refractivity contribution >= 4 is 29.1 Å². The Labute approximate surface area is 85.8 Å². The van der Waals surface area contributed by atoms with Gasteiger partial charge < -0.3 is 9.64 Å². The van der Waals surface area contributed by atoms with Crippen LogP contribution < -0.4 is 4.90 Å². The molecule has 13 heavy (non-hydrogen) atoms. The highest BCUT2D eigenvalue weighted by atomic mass is 35.5. The Hall–Kier alpha value is -0.390. The first kappa shape index (κ1) is 9.18. The molecule has 0 saturated carbocycles. The minimum atomic E-state index is 0.242. The summed E-state index contributed by atoms with van der Waals surface area (Å²) in [7, 11) is 0. The van der Waals surface area contributed by atoms with Crippen LogP contribution in [0.2, 0.25) is 5.15 Å². The van der Waals surface area contributed by atoms with Gasteiger partial charge in [0.15, 0.2) is 11.0 Å². The van der Waals surface area contributed by atoms with E-state index in [1.54, 1.807) is 0 Å². The average molecular weight is 220 g/mol. The largest absolute Gasteiger partial charge is 0.375 e. The van der Waals surface area contributed by atoms with Crippen molar-refractivity contribution in [1.29, 1.82) is 0 Å². The fourth-order valence-corrected chi connectivity index (χ4v) is 2.15. The lowest BCUT2D eigenvalue weighted by Gasteiger charge is -2.30. The average Bonchev–Trinajstić information content (AvgIpc) is 2.51. The van der Waals surface area contributed by atoms with Gasteiger partial charge in [-0.05, 0) is 6.92 Å². The second-order valence-corrected chi connectivity index (χ2v) is 3.89. The van der Waals surface area contributed by atoms with Gasteiger partial charge in [0, 0.05) is 13.1 Å². The van der Waals surface area contributed by atoms with Gasteiger partial charge in [-0.15, -0.1) is 0 Å². The summed E-state index contributed by atoms with van der Waals surface area (Å²) in [5.41, 5.74) is 0. The maximum atomic E-state index is 5.88. The molecule has 0 aliphatic carbocycles. The molecule has 1 aromatic heterocycles. The van der Waals surface area contributed by atoms with Crippen LogP contribution in [0.3, 0.4) is 0 Å². The topological polar surface area (TPSA) is 38.2 Å². The Morgan fingerprint density at radius 1 is 1.62 bits per heavy atom. The Morgan fingerprint density at radius 2 is 2.46 bits per heavy atom. The second-order valence-electron chi connectivity index (χ2n) is 3.01. The first-order chi connectivity index (χ1) is 6.27. The van der Waals surface area contributed by atoms with E-state index in [1.807, 2.05) is 6.92 Å². The predicted octanol–water partition coefficient (Wildman–Crippen LogP) is 1.42. The molecular weight excluding hydrogens is 210 g/mol. The zero-order valence-corrected chi connectivity index (χ0v) is 8.81. The minimum Gasteiger partial charge on any atom is -0.375 e. The first-order valence-corrected chi connectivity index (χ1v) is 5.23. The highest BCUT2D eigenvalue weighted by molar-refractivity contribution is 6.99. The highest BCUT2D eigenvalue weighted by Crippen LogP contribution is 2.24. The van der Waals surface area contributed by atoms with E-state index in [4.69, 9.17) is 16.3 Å². The van der Waals surface area contributed by atoms with Crippen LogP contribution in [-0.2, 0) is 4.74 Å². The predicted molar refractivity (Wildman–Crippen MR) is 52.5 cm³/mol. The molecule has 1 atom stereocenters. The Morgan fingerprint density at radius 3 is 3.08 bits per heavy atom. The van der Waals surface area contributed by atoms with Gasteiger partial charge in [-0.1, -0.05) is 11.6 Å². The third-order valence-electron chi connectivity index (χ3n) is 1.97. The molecule has 0 radical (unpaired) electrons. The fourth-order valence-electron chi connectivity index (χ4n) is 1.37. The molecule has 1 aromatic rings. The van der Waals surface area contributed by atoms with Crippen molar-refractivity contribution < 1.29 is 4.74 Å². The summed E-state index contributed by atoms with van der Waals surface area (Å²) in [4.78, 5) is 2.11. The van der Waals surface area contributed by atoms with E-state index in [9.17, 15) is 0 Å². The number of rotatable bonds is 1. The lowest BCUT2D eigenvalue weighted by molar-refractivity contribution is 0.0530. The molecule has 4 nitrogen and oxygen atoms in total. The second kappa shape index (κ2) is 3.77. The van der Waals surface area contributed by atoms with Gasteiger partial charge in [-0.2, -0.15) is 8.75 Å². The van der Waals surface area contributed by atoms with E-state index in [0.717, 1.165) is 37.2 Å². The lowest BCUT2D eigenvalue weighted by Crippen LogP contribution is -2.41. The Balaban J connectivity index is 2.12. The van der Waals surface area contributed by atoms with Gasteiger partial charge in [0.2, 0.25) is 0 Å². The number of nitrogens with zero attached hydrogens (tertiary/aromatic N) is 3. The third kappa shape index (κ3) is 1.92. The van der Waals surface area contributed by atoms with Crippen molar-refractivity contribution in [2.75, 3.05) is 24.6 Å². The smallest absolute Gasteiger partial charge is 0.187 e. The quantitative estimate of drug-likeness (QED) is 0.716. The van der Waals surface area contributed by atoms with Gasteiger partial charge in [0.05, 0.1) is 24.4 Å². The van der Waals surface area contributed by atoms with Crippen LogP contribution in [0.5, 0.6) is 0 Å². The summed E-state index contributed by atoms with van der Waals surface area (Å²) in [6, 6.07) is 0. The summed E-state index contributed by atoms with van der Waals surface area (Å²) >= 11 is 7.02. The number of aromatic nitrogens is 2. The van der Waals surface area contributed by atoms with E-state index in [1.165, 1.54) is 0 Å². The Kier molecular flexibility index (Phi) is 2.66. The maximum Gasteiger partial charge on any atom is 0.187 e. The van der Waals surface area contributed by atoms with E-state index in [0.29, 0.717) is 5.15 Å². The zero-order valence-electron chi connectivity index (χ0n) is 7.23. The molecule has 0 N–H and O–H groups in total. The molecule has 0 spiro atoms. The van der Waals surface area contributed by atoms with E-state index in [2.05, 4.69) is 13.6 Å². The van der Waals surface area contributed by atoms with Gasteiger partial charge in [0.25, 0.3) is 0 Å². The molecule has 1 unspecified atom stereocenters. The molecule has 2 rings (SSSR count). The number of halogens is 1. The molecule has 1 saturated heterocycles. The van der Waals surface area contributed by atoms with Crippen LogP contribution >= 0.6 is 23.3 Å². The zero-order chi connectivity index (χ0) is 9.26. The van der Waals surface area contributed by atoms with Crippen LogP contribution in [0.4, 0.5) is 5.82 Å². The molecular formula is C7H10ClN3OS.